The average molecular weight is 713 g/mol. The summed E-state index contributed by atoms with van der Waals surface area (Å²) in [5.74, 6) is -0.400. The summed E-state index contributed by atoms with van der Waals surface area (Å²) in [6.07, 6.45) is 11.0. The predicted octanol–water partition coefficient (Wildman–Crippen LogP) is 4.73. The molecular formula is C31H57IN2O8. The van der Waals surface area contributed by atoms with Crippen molar-refractivity contribution in [2.75, 3.05) is 58.0 Å². The standard InChI is InChI=1S/C31H57IN2O8/c1-6-10-24(8-3)12-9-14-31(4,38-5)29(28-25(11-7-2)22-26(33-28)30(36)37)34-27(35)13-15-39-16-17-40-18-19-41-20-21-42-23-32/h7,11,24-26,28-29,33H,6,8-10,12-23H2,1-5H3,(H,34,35)(H,36,37)/b11-7-/t24?,25-,26-,28-,29-,31?/m1/s1. The third-order valence-corrected chi connectivity index (χ3v) is 8.57. The van der Waals surface area contributed by atoms with E-state index in [0.717, 1.165) is 25.7 Å². The number of hydrogen-bond acceptors (Lipinski definition) is 8. The molecule has 1 rings (SSSR count). The molecule has 0 aromatic heterocycles. The van der Waals surface area contributed by atoms with Crippen molar-refractivity contribution in [1.29, 1.82) is 0 Å². The first kappa shape index (κ1) is 39.2. The molecule has 0 saturated carbocycles. The molecular weight excluding hydrogens is 655 g/mol. The van der Waals surface area contributed by atoms with Gasteiger partial charge in [-0.2, -0.15) is 0 Å². The summed E-state index contributed by atoms with van der Waals surface area (Å²) in [5.41, 5.74) is -0.676. The highest BCUT2D eigenvalue weighted by atomic mass is 127. The fraction of sp³-hybridized carbons (Fsp3) is 0.871. The lowest BCUT2D eigenvalue weighted by Crippen LogP contribution is -2.62. The van der Waals surface area contributed by atoms with Gasteiger partial charge in [0.2, 0.25) is 5.91 Å². The third kappa shape index (κ3) is 15.3. The Morgan fingerprint density at radius 2 is 1.67 bits per heavy atom. The Balaban J connectivity index is 2.74. The lowest BCUT2D eigenvalue weighted by atomic mass is 9.80. The van der Waals surface area contributed by atoms with Crippen LogP contribution in [0.5, 0.6) is 0 Å². The van der Waals surface area contributed by atoms with Crippen molar-refractivity contribution in [2.45, 2.75) is 103 Å². The number of ether oxygens (including phenoxy) is 5. The first-order chi connectivity index (χ1) is 20.3. The number of halogens is 1. The molecule has 42 heavy (non-hydrogen) atoms. The minimum atomic E-state index is -0.881. The molecule has 1 saturated heterocycles. The van der Waals surface area contributed by atoms with Gasteiger partial charge < -0.3 is 34.1 Å². The minimum absolute atomic E-state index is 0.0458. The monoisotopic (exact) mass is 712 g/mol. The summed E-state index contributed by atoms with van der Waals surface area (Å²) in [4.78, 5) is 25.1. The number of methoxy groups -OCH3 is 1. The second-order valence-corrected chi connectivity index (χ2v) is 11.8. The molecule has 1 amide bonds. The summed E-state index contributed by atoms with van der Waals surface area (Å²) in [7, 11) is 1.68. The fourth-order valence-corrected chi connectivity index (χ4v) is 5.95. The van der Waals surface area contributed by atoms with E-state index in [0.29, 0.717) is 56.6 Å². The van der Waals surface area contributed by atoms with Crippen LogP contribution in [0.4, 0.5) is 0 Å². The number of alkyl halides is 1. The van der Waals surface area contributed by atoms with Crippen LogP contribution in [-0.2, 0) is 33.3 Å². The van der Waals surface area contributed by atoms with Crippen LogP contribution in [0.15, 0.2) is 12.2 Å². The Labute approximate surface area is 267 Å². The number of hydrogen-bond donors (Lipinski definition) is 3. The van der Waals surface area contributed by atoms with E-state index >= 15 is 0 Å². The summed E-state index contributed by atoms with van der Waals surface area (Å²) >= 11 is 2.15. The largest absolute Gasteiger partial charge is 0.480 e. The van der Waals surface area contributed by atoms with E-state index in [9.17, 15) is 14.7 Å². The van der Waals surface area contributed by atoms with E-state index in [1.54, 1.807) is 7.11 Å². The van der Waals surface area contributed by atoms with E-state index in [1.807, 2.05) is 26.0 Å². The number of nitrogens with one attached hydrogen (secondary N) is 2. The lowest BCUT2D eigenvalue weighted by molar-refractivity contribution is -0.139. The zero-order chi connectivity index (χ0) is 31.2. The van der Waals surface area contributed by atoms with E-state index in [4.69, 9.17) is 23.7 Å². The number of carboxylic acids is 1. The number of carboxylic acid groups (broad SMARTS) is 1. The molecule has 0 aliphatic carbocycles. The van der Waals surface area contributed by atoms with Crippen LogP contribution in [0, 0.1) is 11.8 Å². The Hall–Kier alpha value is -0.830. The molecule has 1 aliphatic heterocycles. The van der Waals surface area contributed by atoms with Gasteiger partial charge >= 0.3 is 5.97 Å². The van der Waals surface area contributed by atoms with Crippen LogP contribution in [0.25, 0.3) is 0 Å². The minimum Gasteiger partial charge on any atom is -0.480 e. The van der Waals surface area contributed by atoms with Gasteiger partial charge in [0.1, 0.15) is 6.04 Å². The number of rotatable bonds is 26. The quantitative estimate of drug-likeness (QED) is 0.0506. The van der Waals surface area contributed by atoms with Gasteiger partial charge in [0.15, 0.2) is 0 Å². The molecule has 3 N–H and O–H groups in total. The Kier molecular flexibility index (Phi) is 22.0. The second kappa shape index (κ2) is 23.5. The van der Waals surface area contributed by atoms with Crippen LogP contribution < -0.4 is 10.6 Å². The molecule has 0 spiro atoms. The number of carbonyl (C=O) groups excluding carboxylic acids is 1. The number of carbonyl (C=O) groups is 2. The van der Waals surface area contributed by atoms with Crippen LogP contribution in [0.3, 0.4) is 0 Å². The molecule has 2 unspecified atom stereocenters. The predicted molar refractivity (Wildman–Crippen MR) is 173 cm³/mol. The molecule has 0 radical (unpaired) electrons. The van der Waals surface area contributed by atoms with Gasteiger partial charge in [0.25, 0.3) is 0 Å². The molecule has 0 bridgehead atoms. The van der Waals surface area contributed by atoms with Gasteiger partial charge in [-0.1, -0.05) is 80.7 Å². The van der Waals surface area contributed by atoms with Gasteiger partial charge in [-0.05, 0) is 38.5 Å². The van der Waals surface area contributed by atoms with Gasteiger partial charge in [0.05, 0.1) is 62.5 Å². The molecule has 1 heterocycles. The zero-order valence-corrected chi connectivity index (χ0v) is 28.7. The molecule has 0 aromatic carbocycles. The van der Waals surface area contributed by atoms with Gasteiger partial charge in [-0.25, -0.2) is 0 Å². The van der Waals surface area contributed by atoms with Crippen molar-refractivity contribution in [3.8, 4) is 0 Å². The highest BCUT2D eigenvalue weighted by Gasteiger charge is 2.48. The molecule has 11 heteroatoms. The molecule has 246 valence electrons. The van der Waals surface area contributed by atoms with E-state index in [1.165, 1.54) is 12.8 Å². The number of aliphatic carboxylic acids is 1. The van der Waals surface area contributed by atoms with Gasteiger partial charge in [-0.3, -0.25) is 14.9 Å². The SMILES string of the molecule is C/C=C\[C@@H]1C[C@H](C(=O)O)N[C@H]1[C@@H](NC(=O)CCOCCOCCOCCOCI)C(C)(CCCC(CC)CCC)OC. The van der Waals surface area contributed by atoms with E-state index in [-0.39, 0.29) is 30.9 Å². The highest BCUT2D eigenvalue weighted by molar-refractivity contribution is 14.1. The molecule has 6 atom stereocenters. The fourth-order valence-electron chi connectivity index (χ4n) is 5.64. The summed E-state index contributed by atoms with van der Waals surface area (Å²) in [5, 5.41) is 16.3. The van der Waals surface area contributed by atoms with Crippen molar-refractivity contribution in [1.82, 2.24) is 10.6 Å². The number of allylic oxidation sites excluding steroid dienone is 1. The Morgan fingerprint density at radius 1 is 1.05 bits per heavy atom. The molecule has 10 nitrogen and oxygen atoms in total. The average Bonchev–Trinajstić information content (AvgIpc) is 3.39. The van der Waals surface area contributed by atoms with Crippen molar-refractivity contribution in [3.63, 3.8) is 0 Å². The maximum Gasteiger partial charge on any atom is 0.320 e. The first-order valence-corrected chi connectivity index (χ1v) is 17.1. The molecule has 0 aromatic rings. The summed E-state index contributed by atoms with van der Waals surface area (Å²) in [6.45, 7) is 11.6. The Bertz CT molecular complexity index is 758. The van der Waals surface area contributed by atoms with Crippen molar-refractivity contribution >= 4 is 34.5 Å². The van der Waals surface area contributed by atoms with E-state index < -0.39 is 23.7 Å². The maximum atomic E-state index is 13.2. The lowest BCUT2D eigenvalue weighted by Gasteiger charge is -2.42. The second-order valence-electron chi connectivity index (χ2n) is 11.1. The summed E-state index contributed by atoms with van der Waals surface area (Å²) in [6, 6.07) is -1.38. The maximum absolute atomic E-state index is 13.2. The van der Waals surface area contributed by atoms with Crippen LogP contribution >= 0.6 is 22.6 Å². The third-order valence-electron chi connectivity index (χ3n) is 8.13. The number of amides is 1. The molecule has 1 fully saturated rings. The van der Waals surface area contributed by atoms with Gasteiger partial charge in [-0.15, -0.1) is 0 Å². The first-order valence-electron chi connectivity index (χ1n) is 15.6. The van der Waals surface area contributed by atoms with Crippen LogP contribution in [0.2, 0.25) is 0 Å². The van der Waals surface area contributed by atoms with E-state index in [2.05, 4.69) is 47.1 Å². The molecule has 1 aliphatic rings. The van der Waals surface area contributed by atoms with Crippen molar-refractivity contribution in [2.24, 2.45) is 11.8 Å². The van der Waals surface area contributed by atoms with Crippen LogP contribution in [-0.4, -0.2) is 98.7 Å². The van der Waals surface area contributed by atoms with Crippen molar-refractivity contribution in [3.05, 3.63) is 12.2 Å². The smallest absolute Gasteiger partial charge is 0.320 e. The Morgan fingerprint density at radius 3 is 2.19 bits per heavy atom. The highest BCUT2D eigenvalue weighted by Crippen LogP contribution is 2.34. The zero-order valence-electron chi connectivity index (χ0n) is 26.5. The topological polar surface area (TPSA) is 125 Å². The van der Waals surface area contributed by atoms with Gasteiger partial charge in [0, 0.05) is 19.6 Å². The summed E-state index contributed by atoms with van der Waals surface area (Å²) < 4.78 is 28.5. The van der Waals surface area contributed by atoms with Crippen molar-refractivity contribution < 1.29 is 38.4 Å². The normalized spacial score (nSPS) is 21.8. The van der Waals surface area contributed by atoms with Crippen LogP contribution in [0.1, 0.15) is 79.1 Å².